The highest BCUT2D eigenvalue weighted by Gasteiger charge is 2.46. The first-order valence-corrected chi connectivity index (χ1v) is 10.1. The second kappa shape index (κ2) is 7.48. The van der Waals surface area contributed by atoms with Crippen LogP contribution in [0.25, 0.3) is 0 Å². The monoisotopic (exact) mass is 403 g/mol. The molecule has 30 heavy (non-hydrogen) atoms. The largest absolute Gasteiger partial charge is 0.494 e. The van der Waals surface area contributed by atoms with Gasteiger partial charge in [-0.3, -0.25) is 4.79 Å². The van der Waals surface area contributed by atoms with E-state index in [1.807, 2.05) is 59.5 Å². The number of carbonyl (C=O) groups excluding carboxylic acids is 1. The lowest BCUT2D eigenvalue weighted by Gasteiger charge is -2.21. The molecule has 0 unspecified atom stereocenters. The molecule has 4 nitrogen and oxygen atoms in total. The highest BCUT2D eigenvalue weighted by molar-refractivity contribution is 6.00. The Kier molecular flexibility index (Phi) is 4.66. The van der Waals surface area contributed by atoms with Crippen molar-refractivity contribution in [2.75, 3.05) is 12.0 Å². The average Bonchev–Trinajstić information content (AvgIpc) is 3.30. The van der Waals surface area contributed by atoms with Crippen molar-refractivity contribution in [3.05, 3.63) is 89.2 Å². The molecule has 0 aliphatic carbocycles. The van der Waals surface area contributed by atoms with Gasteiger partial charge in [-0.05, 0) is 53.4 Å². The maximum atomic E-state index is 14.2. The quantitative estimate of drug-likeness (QED) is 0.611. The molecule has 3 aromatic carbocycles. The minimum Gasteiger partial charge on any atom is -0.494 e. The summed E-state index contributed by atoms with van der Waals surface area (Å²) in [5.74, 6) is 0.651. The minimum atomic E-state index is -0.395. The number of nitrogens with zero attached hydrogens (tertiary/aromatic N) is 1. The predicted molar refractivity (Wildman–Crippen MR) is 113 cm³/mol. The summed E-state index contributed by atoms with van der Waals surface area (Å²) in [5.41, 5.74) is 3.98. The topological polar surface area (TPSA) is 38.8 Å². The number of rotatable bonds is 5. The summed E-state index contributed by atoms with van der Waals surface area (Å²) in [6.07, 6.45) is 1.13. The lowest BCUT2D eigenvalue weighted by Crippen LogP contribution is -2.31. The molecule has 0 spiro atoms. The molecule has 0 saturated carbocycles. The number of ether oxygens (including phenoxy) is 2. The lowest BCUT2D eigenvalue weighted by atomic mass is 9.89. The Morgan fingerprint density at radius 1 is 1.03 bits per heavy atom. The van der Waals surface area contributed by atoms with Crippen LogP contribution in [0.3, 0.4) is 0 Å². The van der Waals surface area contributed by atoms with Crippen molar-refractivity contribution in [2.24, 2.45) is 0 Å². The van der Waals surface area contributed by atoms with Gasteiger partial charge in [-0.25, -0.2) is 4.39 Å². The summed E-state index contributed by atoms with van der Waals surface area (Å²) in [6.45, 7) is 0.499. The molecule has 152 valence electrons. The van der Waals surface area contributed by atoms with Crippen LogP contribution in [-0.4, -0.2) is 19.1 Å². The van der Waals surface area contributed by atoms with Gasteiger partial charge in [0.1, 0.15) is 12.4 Å². The Bertz CT molecular complexity index is 1100. The highest BCUT2D eigenvalue weighted by atomic mass is 19.1. The number of anilines is 1. The second-order valence-electron chi connectivity index (χ2n) is 7.80. The molecule has 0 N–H and O–H groups in total. The zero-order valence-electron chi connectivity index (χ0n) is 16.7. The Morgan fingerprint density at radius 3 is 2.63 bits per heavy atom. The molecule has 1 amide bonds. The van der Waals surface area contributed by atoms with E-state index >= 15 is 0 Å². The van der Waals surface area contributed by atoms with Gasteiger partial charge in [0.25, 0.3) is 0 Å². The molecule has 0 bridgehead atoms. The van der Waals surface area contributed by atoms with Crippen LogP contribution in [0.5, 0.6) is 11.5 Å². The lowest BCUT2D eigenvalue weighted by molar-refractivity contribution is -0.117. The summed E-state index contributed by atoms with van der Waals surface area (Å²) in [6, 6.07) is 20.9. The van der Waals surface area contributed by atoms with Crippen molar-refractivity contribution >= 4 is 11.6 Å². The molecule has 0 radical (unpaired) electrons. The van der Waals surface area contributed by atoms with Crippen molar-refractivity contribution < 1.29 is 18.7 Å². The third-order valence-electron chi connectivity index (χ3n) is 6.05. The first kappa shape index (κ1) is 18.7. The Morgan fingerprint density at radius 2 is 1.87 bits per heavy atom. The number of fused-ring (bicyclic) bond motifs is 3. The van der Waals surface area contributed by atoms with Crippen molar-refractivity contribution in [3.63, 3.8) is 0 Å². The van der Waals surface area contributed by atoms with Crippen molar-refractivity contribution in [1.29, 1.82) is 0 Å². The smallest absolute Gasteiger partial charge is 0.227 e. The van der Waals surface area contributed by atoms with E-state index in [0.717, 1.165) is 34.5 Å². The minimum absolute atomic E-state index is 0.00432. The number of hydrogen-bond donors (Lipinski definition) is 0. The average molecular weight is 403 g/mol. The molecule has 5 rings (SSSR count). The van der Waals surface area contributed by atoms with E-state index in [0.29, 0.717) is 13.0 Å². The van der Waals surface area contributed by atoms with Crippen LogP contribution < -0.4 is 14.4 Å². The molecule has 5 heteroatoms. The van der Waals surface area contributed by atoms with Gasteiger partial charge < -0.3 is 14.4 Å². The van der Waals surface area contributed by atoms with Gasteiger partial charge in [-0.15, -0.1) is 0 Å². The zero-order chi connectivity index (χ0) is 20.7. The van der Waals surface area contributed by atoms with E-state index in [4.69, 9.17) is 9.47 Å². The Balaban J connectivity index is 1.37. The summed E-state index contributed by atoms with van der Waals surface area (Å²) >= 11 is 0. The molecule has 2 aliphatic heterocycles. The molecular weight excluding hydrogens is 381 g/mol. The van der Waals surface area contributed by atoms with Gasteiger partial charge in [0.05, 0.1) is 7.11 Å². The highest BCUT2D eigenvalue weighted by Crippen LogP contribution is 2.46. The van der Waals surface area contributed by atoms with E-state index in [1.54, 1.807) is 6.07 Å². The van der Waals surface area contributed by atoms with Crippen LogP contribution in [0.2, 0.25) is 0 Å². The zero-order valence-corrected chi connectivity index (χ0v) is 16.7. The number of hydrogen-bond acceptors (Lipinski definition) is 3. The summed E-state index contributed by atoms with van der Waals surface area (Å²) in [5, 5.41) is 0. The molecule has 2 aliphatic rings. The van der Waals surface area contributed by atoms with E-state index in [-0.39, 0.29) is 23.6 Å². The van der Waals surface area contributed by atoms with Crippen LogP contribution in [0.1, 0.15) is 29.0 Å². The van der Waals surface area contributed by atoms with Gasteiger partial charge >= 0.3 is 0 Å². The molecular formula is C25H22FNO3. The molecule has 3 aromatic rings. The normalized spacial score (nSPS) is 19.5. The van der Waals surface area contributed by atoms with Gasteiger partial charge in [-0.2, -0.15) is 0 Å². The number of carbonyl (C=O) groups is 1. The fourth-order valence-corrected chi connectivity index (χ4v) is 4.60. The van der Waals surface area contributed by atoms with Gasteiger partial charge in [-0.1, -0.05) is 36.4 Å². The van der Waals surface area contributed by atoms with Crippen LogP contribution >= 0.6 is 0 Å². The molecule has 2 atom stereocenters. The number of amides is 1. The molecule has 0 aromatic heterocycles. The predicted octanol–water partition coefficient (Wildman–Crippen LogP) is 4.86. The molecule has 1 fully saturated rings. The summed E-state index contributed by atoms with van der Waals surface area (Å²) < 4.78 is 25.2. The van der Waals surface area contributed by atoms with Crippen LogP contribution in [0, 0.1) is 5.82 Å². The Labute approximate surface area is 174 Å². The van der Waals surface area contributed by atoms with E-state index in [2.05, 4.69) is 0 Å². The third kappa shape index (κ3) is 3.20. The van der Waals surface area contributed by atoms with E-state index < -0.39 is 5.82 Å². The third-order valence-corrected chi connectivity index (χ3v) is 6.05. The van der Waals surface area contributed by atoms with Crippen molar-refractivity contribution in [3.8, 4) is 11.5 Å². The van der Waals surface area contributed by atoms with Crippen LogP contribution in [-0.2, 0) is 17.8 Å². The number of benzene rings is 3. The number of halogens is 1. The second-order valence-corrected chi connectivity index (χ2v) is 7.80. The van der Waals surface area contributed by atoms with Crippen LogP contribution in [0.4, 0.5) is 10.1 Å². The fourth-order valence-electron chi connectivity index (χ4n) is 4.60. The maximum absolute atomic E-state index is 14.2. The molecule has 2 heterocycles. The van der Waals surface area contributed by atoms with Crippen molar-refractivity contribution in [2.45, 2.75) is 31.4 Å². The van der Waals surface area contributed by atoms with E-state index in [9.17, 15) is 9.18 Å². The van der Waals surface area contributed by atoms with Gasteiger partial charge in [0.15, 0.2) is 11.6 Å². The first-order chi connectivity index (χ1) is 14.6. The Hall–Kier alpha value is -3.34. The maximum Gasteiger partial charge on any atom is 0.227 e. The summed E-state index contributed by atoms with van der Waals surface area (Å²) in [4.78, 5) is 14.7. The standard InChI is InChI=1S/C25H22FNO3/c1-29-24-10-7-17(12-21(24)26)20-14-25(28)27-22-9-8-19(11-18(22)13-23(20)27)30-15-16-5-3-2-4-6-16/h2-12,20,23H,13-15H2,1H3/t20-,23+/m0/s1. The first-order valence-electron chi connectivity index (χ1n) is 10.1. The molecule has 1 saturated heterocycles. The van der Waals surface area contributed by atoms with Crippen LogP contribution in [0.15, 0.2) is 66.7 Å². The van der Waals surface area contributed by atoms with Gasteiger partial charge in [0.2, 0.25) is 5.91 Å². The van der Waals surface area contributed by atoms with E-state index in [1.165, 1.54) is 13.2 Å². The SMILES string of the molecule is COc1ccc([C@@H]2CC(=O)N3c4ccc(OCc5ccccc5)cc4C[C@H]23)cc1F. The number of methoxy groups -OCH3 is 1. The van der Waals surface area contributed by atoms with Crippen molar-refractivity contribution in [1.82, 2.24) is 0 Å². The van der Waals surface area contributed by atoms with Gasteiger partial charge in [0, 0.05) is 24.1 Å². The summed E-state index contributed by atoms with van der Waals surface area (Å²) in [7, 11) is 1.45. The fraction of sp³-hybridized carbons (Fsp3) is 0.240.